The average Bonchev–Trinajstić information content (AvgIpc) is 2.75. The van der Waals surface area contributed by atoms with E-state index in [-0.39, 0.29) is 0 Å². The van der Waals surface area contributed by atoms with Gasteiger partial charge in [-0.25, -0.2) is 4.98 Å². The molecule has 5 heteroatoms. The number of rotatable bonds is 1. The summed E-state index contributed by atoms with van der Waals surface area (Å²) in [5.74, 6) is 0.739. The Bertz CT molecular complexity index is 741. The van der Waals surface area contributed by atoms with Crippen molar-refractivity contribution >= 4 is 50.2 Å². The van der Waals surface area contributed by atoms with Crippen LogP contribution in [0.1, 0.15) is 5.56 Å². The van der Waals surface area contributed by atoms with E-state index in [2.05, 4.69) is 25.9 Å². The molecule has 0 radical (unpaired) electrons. The number of aromatic amines is 1. The lowest BCUT2D eigenvalue weighted by molar-refractivity contribution is 1.33. The quantitative estimate of drug-likeness (QED) is 0.604. The molecule has 2 aromatic carbocycles. The summed E-state index contributed by atoms with van der Waals surface area (Å²) >= 11 is 15.8. The lowest BCUT2D eigenvalue weighted by atomic mass is 10.2. The standard InChI is InChI=1S/C14H9BrCl2N2/c1-7-4-12-13(6-11(7)17)19-14(18-12)9-5-8(15)2-3-10(9)16/h2-6H,1H3,(H,18,19). The van der Waals surface area contributed by atoms with Crippen LogP contribution in [0.15, 0.2) is 34.8 Å². The SMILES string of the molecule is Cc1cc2[nH]c(-c3cc(Br)ccc3Cl)nc2cc1Cl. The van der Waals surface area contributed by atoms with Crippen LogP contribution in [0.4, 0.5) is 0 Å². The molecule has 0 unspecified atom stereocenters. The van der Waals surface area contributed by atoms with E-state index in [1.807, 2.05) is 37.3 Å². The number of hydrogen-bond donors (Lipinski definition) is 1. The van der Waals surface area contributed by atoms with E-state index in [0.29, 0.717) is 10.0 Å². The van der Waals surface area contributed by atoms with Crippen molar-refractivity contribution in [3.05, 3.63) is 50.4 Å². The Kier molecular flexibility index (Phi) is 3.29. The third-order valence-corrected chi connectivity index (χ3v) is 4.18. The average molecular weight is 356 g/mol. The first kappa shape index (κ1) is 13.0. The highest BCUT2D eigenvalue weighted by Crippen LogP contribution is 2.31. The summed E-state index contributed by atoms with van der Waals surface area (Å²) in [5, 5.41) is 1.37. The second-order valence-electron chi connectivity index (χ2n) is 4.33. The number of nitrogens with zero attached hydrogens (tertiary/aromatic N) is 1. The van der Waals surface area contributed by atoms with Crippen LogP contribution >= 0.6 is 39.1 Å². The number of imidazole rings is 1. The number of benzene rings is 2. The van der Waals surface area contributed by atoms with Crippen LogP contribution in [-0.4, -0.2) is 9.97 Å². The number of fused-ring (bicyclic) bond motifs is 1. The molecule has 0 amide bonds. The second-order valence-corrected chi connectivity index (χ2v) is 6.06. The Hall–Kier alpha value is -1.03. The van der Waals surface area contributed by atoms with Crippen molar-refractivity contribution in [3.63, 3.8) is 0 Å². The summed E-state index contributed by atoms with van der Waals surface area (Å²) in [7, 11) is 0. The Balaban J connectivity index is 2.23. The first-order chi connectivity index (χ1) is 9.04. The molecule has 0 spiro atoms. The monoisotopic (exact) mass is 354 g/mol. The van der Waals surface area contributed by atoms with Gasteiger partial charge < -0.3 is 4.98 Å². The Morgan fingerprint density at radius 1 is 1.11 bits per heavy atom. The van der Waals surface area contributed by atoms with E-state index in [4.69, 9.17) is 23.2 Å². The predicted octanol–water partition coefficient (Wildman–Crippen LogP) is 5.61. The number of nitrogens with one attached hydrogen (secondary N) is 1. The van der Waals surface area contributed by atoms with Crippen molar-refractivity contribution in [2.75, 3.05) is 0 Å². The summed E-state index contributed by atoms with van der Waals surface area (Å²) in [6.07, 6.45) is 0. The van der Waals surface area contributed by atoms with Gasteiger partial charge in [0.1, 0.15) is 5.82 Å². The molecule has 0 aliphatic heterocycles. The minimum atomic E-state index is 0.657. The second kappa shape index (κ2) is 4.82. The summed E-state index contributed by atoms with van der Waals surface area (Å²) in [4.78, 5) is 7.81. The number of H-pyrrole nitrogens is 1. The van der Waals surface area contributed by atoms with Gasteiger partial charge in [0.15, 0.2) is 0 Å². The molecule has 3 rings (SSSR count). The third-order valence-electron chi connectivity index (χ3n) is 2.95. The van der Waals surface area contributed by atoms with E-state index < -0.39 is 0 Å². The van der Waals surface area contributed by atoms with Gasteiger partial charge in [-0.05, 0) is 42.8 Å². The van der Waals surface area contributed by atoms with Crippen molar-refractivity contribution in [1.29, 1.82) is 0 Å². The molecule has 0 saturated heterocycles. The van der Waals surface area contributed by atoms with Gasteiger partial charge in [-0.1, -0.05) is 39.1 Å². The van der Waals surface area contributed by atoms with Crippen LogP contribution in [0.25, 0.3) is 22.4 Å². The van der Waals surface area contributed by atoms with Gasteiger partial charge in [-0.3, -0.25) is 0 Å². The highest BCUT2D eigenvalue weighted by atomic mass is 79.9. The van der Waals surface area contributed by atoms with Gasteiger partial charge >= 0.3 is 0 Å². The molecule has 0 aliphatic rings. The van der Waals surface area contributed by atoms with E-state index in [9.17, 15) is 0 Å². The van der Waals surface area contributed by atoms with Gasteiger partial charge in [-0.15, -0.1) is 0 Å². The van der Waals surface area contributed by atoms with Crippen molar-refractivity contribution in [3.8, 4) is 11.4 Å². The Labute approximate surface area is 128 Å². The lowest BCUT2D eigenvalue weighted by Gasteiger charge is -2.00. The highest BCUT2D eigenvalue weighted by molar-refractivity contribution is 9.10. The molecule has 1 N–H and O–H groups in total. The molecule has 0 bridgehead atoms. The van der Waals surface area contributed by atoms with Crippen LogP contribution in [0.2, 0.25) is 10.0 Å². The summed E-state index contributed by atoms with van der Waals surface area (Å²) in [6.45, 7) is 1.97. The molecule has 1 heterocycles. The van der Waals surface area contributed by atoms with E-state index in [1.54, 1.807) is 0 Å². The first-order valence-electron chi connectivity index (χ1n) is 5.66. The molecule has 3 aromatic rings. The van der Waals surface area contributed by atoms with Crippen LogP contribution in [0, 0.1) is 6.92 Å². The number of halogens is 3. The van der Waals surface area contributed by atoms with Crippen molar-refractivity contribution in [2.24, 2.45) is 0 Å². The molecular weight excluding hydrogens is 347 g/mol. The molecule has 0 atom stereocenters. The van der Waals surface area contributed by atoms with Crippen molar-refractivity contribution < 1.29 is 0 Å². The number of aryl methyl sites for hydroxylation is 1. The highest BCUT2D eigenvalue weighted by Gasteiger charge is 2.10. The number of hydrogen-bond acceptors (Lipinski definition) is 1. The zero-order valence-corrected chi connectivity index (χ0v) is 13.1. The molecule has 19 heavy (non-hydrogen) atoms. The van der Waals surface area contributed by atoms with Gasteiger partial charge in [0.05, 0.1) is 16.1 Å². The Morgan fingerprint density at radius 3 is 2.68 bits per heavy atom. The zero-order valence-electron chi connectivity index (χ0n) is 9.97. The maximum Gasteiger partial charge on any atom is 0.140 e. The van der Waals surface area contributed by atoms with Gasteiger partial charge in [0.25, 0.3) is 0 Å². The zero-order chi connectivity index (χ0) is 13.6. The van der Waals surface area contributed by atoms with E-state index in [0.717, 1.165) is 32.5 Å². The normalized spacial score (nSPS) is 11.2. The van der Waals surface area contributed by atoms with Gasteiger partial charge in [0, 0.05) is 15.1 Å². The minimum Gasteiger partial charge on any atom is -0.338 e. The molecule has 0 fully saturated rings. The minimum absolute atomic E-state index is 0.657. The molecule has 2 nitrogen and oxygen atoms in total. The first-order valence-corrected chi connectivity index (χ1v) is 7.21. The number of aromatic nitrogens is 2. The van der Waals surface area contributed by atoms with E-state index >= 15 is 0 Å². The molecule has 1 aromatic heterocycles. The summed E-state index contributed by atoms with van der Waals surface area (Å²) < 4.78 is 0.960. The fourth-order valence-corrected chi connectivity index (χ4v) is 2.67. The molecule has 96 valence electrons. The van der Waals surface area contributed by atoms with Crippen molar-refractivity contribution in [2.45, 2.75) is 6.92 Å². The summed E-state index contributed by atoms with van der Waals surface area (Å²) in [6, 6.07) is 9.52. The molecule has 0 saturated carbocycles. The Morgan fingerprint density at radius 2 is 1.89 bits per heavy atom. The van der Waals surface area contributed by atoms with Crippen LogP contribution in [0.5, 0.6) is 0 Å². The van der Waals surface area contributed by atoms with Crippen molar-refractivity contribution in [1.82, 2.24) is 9.97 Å². The van der Waals surface area contributed by atoms with E-state index in [1.165, 1.54) is 0 Å². The largest absolute Gasteiger partial charge is 0.338 e. The fraction of sp³-hybridized carbons (Fsp3) is 0.0714. The summed E-state index contributed by atoms with van der Waals surface area (Å²) in [5.41, 5.74) is 3.67. The molecule has 0 aliphatic carbocycles. The van der Waals surface area contributed by atoms with Crippen LogP contribution in [-0.2, 0) is 0 Å². The third kappa shape index (κ3) is 2.38. The predicted molar refractivity (Wildman–Crippen MR) is 84.0 cm³/mol. The van der Waals surface area contributed by atoms with Gasteiger partial charge in [0.2, 0.25) is 0 Å². The molecular formula is C14H9BrCl2N2. The fourth-order valence-electron chi connectivity index (χ4n) is 1.95. The van der Waals surface area contributed by atoms with Crippen LogP contribution in [0.3, 0.4) is 0 Å². The maximum atomic E-state index is 6.21. The van der Waals surface area contributed by atoms with Gasteiger partial charge in [-0.2, -0.15) is 0 Å². The maximum absolute atomic E-state index is 6.21. The van der Waals surface area contributed by atoms with Crippen LogP contribution < -0.4 is 0 Å². The lowest BCUT2D eigenvalue weighted by Crippen LogP contribution is -1.82. The topological polar surface area (TPSA) is 28.7 Å². The smallest absolute Gasteiger partial charge is 0.140 e.